The lowest BCUT2D eigenvalue weighted by molar-refractivity contribution is -0.189. The Hall–Kier alpha value is -2.20. The zero-order valence-corrected chi connectivity index (χ0v) is 13.8. The Morgan fingerprint density at radius 1 is 0.654 bits per heavy atom. The quantitative estimate of drug-likeness (QED) is 0.332. The fourth-order valence-electron chi connectivity index (χ4n) is 4.69. The predicted octanol–water partition coefficient (Wildman–Crippen LogP) is -0.0984. The van der Waals surface area contributed by atoms with Crippen molar-refractivity contribution in [2.45, 2.75) is 37.9 Å². The third kappa shape index (κ3) is 2.39. The zero-order chi connectivity index (χ0) is 19.3. The number of carboxylic acid groups (broad SMARTS) is 4. The molecule has 1 saturated carbocycles. The summed E-state index contributed by atoms with van der Waals surface area (Å²) in [6.07, 6.45) is -1.06. The summed E-state index contributed by atoms with van der Waals surface area (Å²) in [5.41, 5.74) is -4.76. The second-order valence-electron chi connectivity index (χ2n) is 7.10. The van der Waals surface area contributed by atoms with E-state index >= 15 is 0 Å². The van der Waals surface area contributed by atoms with Crippen LogP contribution in [-0.4, -0.2) is 69.7 Å². The Bertz CT molecular complexity index is 563. The largest absolute Gasteiger partial charge is 0.480 e. The smallest absolute Gasteiger partial charge is 0.324 e. The number of epoxide rings is 2. The van der Waals surface area contributed by atoms with Crippen molar-refractivity contribution in [2.24, 2.45) is 22.7 Å². The summed E-state index contributed by atoms with van der Waals surface area (Å²) in [5, 5.41) is 39.1. The van der Waals surface area contributed by atoms with Crippen LogP contribution in [0.5, 0.6) is 0 Å². The molecule has 2 aliphatic heterocycles. The van der Waals surface area contributed by atoms with Gasteiger partial charge in [-0.2, -0.15) is 0 Å². The van der Waals surface area contributed by atoms with E-state index in [4.69, 9.17) is 9.47 Å². The summed E-state index contributed by atoms with van der Waals surface area (Å²) in [4.78, 5) is 48.2. The Morgan fingerprint density at radius 2 is 0.923 bits per heavy atom. The predicted molar refractivity (Wildman–Crippen MR) is 80.3 cm³/mol. The number of carbonyl (C=O) groups is 4. The molecule has 3 aliphatic rings. The van der Waals surface area contributed by atoms with E-state index in [1.165, 1.54) is 0 Å². The van der Waals surface area contributed by atoms with Crippen LogP contribution in [0, 0.1) is 22.7 Å². The molecule has 0 spiro atoms. The molecule has 0 aromatic rings. The Kier molecular flexibility index (Phi) is 4.43. The van der Waals surface area contributed by atoms with Crippen LogP contribution in [0.2, 0.25) is 0 Å². The maximum atomic E-state index is 12.1. The van der Waals surface area contributed by atoms with Crippen LogP contribution in [0.25, 0.3) is 0 Å². The van der Waals surface area contributed by atoms with Gasteiger partial charge in [-0.3, -0.25) is 19.2 Å². The number of carboxylic acids is 4. The van der Waals surface area contributed by atoms with E-state index in [2.05, 4.69) is 0 Å². The number of aliphatic carboxylic acids is 4. The van der Waals surface area contributed by atoms with Gasteiger partial charge in [-0.25, -0.2) is 0 Å². The first-order chi connectivity index (χ1) is 12.2. The molecule has 26 heavy (non-hydrogen) atoms. The molecule has 0 aromatic heterocycles. The highest BCUT2D eigenvalue weighted by atomic mass is 16.6. The molecule has 0 aromatic carbocycles. The van der Waals surface area contributed by atoms with Gasteiger partial charge in [0.1, 0.15) is 12.2 Å². The van der Waals surface area contributed by atoms with E-state index in [1.54, 1.807) is 0 Å². The molecule has 0 radical (unpaired) electrons. The summed E-state index contributed by atoms with van der Waals surface area (Å²) < 4.78 is 10.0. The fourth-order valence-corrected chi connectivity index (χ4v) is 4.69. The van der Waals surface area contributed by atoms with Gasteiger partial charge in [0.05, 0.1) is 13.2 Å². The molecule has 0 amide bonds. The van der Waals surface area contributed by atoms with E-state index < -0.39 is 58.8 Å². The van der Waals surface area contributed by atoms with Crippen LogP contribution in [0.15, 0.2) is 0 Å². The van der Waals surface area contributed by atoms with Crippen LogP contribution in [0.3, 0.4) is 0 Å². The normalized spacial score (nSPS) is 31.1. The Balaban J connectivity index is 2.15. The highest BCUT2D eigenvalue weighted by Gasteiger charge is 2.72. The molecule has 2 heterocycles. The third-order valence-electron chi connectivity index (χ3n) is 6.03. The fraction of sp³-hybridized carbons (Fsp3) is 0.750. The summed E-state index contributed by atoms with van der Waals surface area (Å²) in [5.74, 6) is -8.93. The summed E-state index contributed by atoms with van der Waals surface area (Å²) in [6.45, 7) is -0.149. The zero-order valence-electron chi connectivity index (χ0n) is 13.8. The van der Waals surface area contributed by atoms with E-state index in [-0.39, 0.29) is 26.1 Å². The van der Waals surface area contributed by atoms with Gasteiger partial charge in [0.15, 0.2) is 10.8 Å². The van der Waals surface area contributed by atoms with Gasteiger partial charge in [-0.15, -0.1) is 0 Å². The van der Waals surface area contributed by atoms with Crippen molar-refractivity contribution in [1.29, 1.82) is 0 Å². The van der Waals surface area contributed by atoms with Crippen molar-refractivity contribution in [3.05, 3.63) is 0 Å². The SMILES string of the molecule is O=C(O)C(C(=O)O)(C1CO1)C1CCCCC1C(C(=O)O)(C(=O)O)C1CO1. The Labute approximate surface area is 147 Å². The molecule has 4 atom stereocenters. The molecule has 1 aliphatic carbocycles. The molecule has 4 unspecified atom stereocenters. The van der Waals surface area contributed by atoms with Crippen molar-refractivity contribution in [3.63, 3.8) is 0 Å². The van der Waals surface area contributed by atoms with Crippen molar-refractivity contribution in [2.75, 3.05) is 13.2 Å². The van der Waals surface area contributed by atoms with Crippen molar-refractivity contribution < 1.29 is 49.1 Å². The summed E-state index contributed by atoms with van der Waals surface area (Å²) in [6, 6.07) is 0. The van der Waals surface area contributed by atoms with Gasteiger partial charge >= 0.3 is 23.9 Å². The average molecular weight is 372 g/mol. The van der Waals surface area contributed by atoms with Gasteiger partial charge in [0, 0.05) is 0 Å². The van der Waals surface area contributed by atoms with E-state index in [9.17, 15) is 39.6 Å². The minimum Gasteiger partial charge on any atom is -0.480 e. The van der Waals surface area contributed by atoms with Crippen molar-refractivity contribution >= 4 is 23.9 Å². The van der Waals surface area contributed by atoms with Crippen LogP contribution >= 0.6 is 0 Å². The third-order valence-corrected chi connectivity index (χ3v) is 6.03. The number of hydrogen-bond donors (Lipinski definition) is 4. The second-order valence-corrected chi connectivity index (χ2v) is 7.10. The first kappa shape index (κ1) is 18.6. The van der Waals surface area contributed by atoms with Crippen LogP contribution in [-0.2, 0) is 28.7 Å². The highest BCUT2D eigenvalue weighted by Crippen LogP contribution is 2.57. The standard InChI is InChI=1S/C16H20O10/c17-11(18)15(12(19)20,9-5-25-9)7-3-1-2-4-8(7)16(13(21)22,14(23)24)10-6-26-10/h7-10H,1-6H2,(H,17,18)(H,19,20)(H,21,22)(H,23,24). The molecule has 10 heteroatoms. The monoisotopic (exact) mass is 372 g/mol. The first-order valence-corrected chi connectivity index (χ1v) is 8.38. The lowest BCUT2D eigenvalue weighted by Gasteiger charge is -2.45. The lowest BCUT2D eigenvalue weighted by atomic mass is 9.54. The van der Waals surface area contributed by atoms with Crippen molar-refractivity contribution in [3.8, 4) is 0 Å². The van der Waals surface area contributed by atoms with Crippen LogP contribution in [0.1, 0.15) is 25.7 Å². The van der Waals surface area contributed by atoms with E-state index in [1.807, 2.05) is 0 Å². The van der Waals surface area contributed by atoms with Gasteiger partial charge in [0.2, 0.25) is 0 Å². The first-order valence-electron chi connectivity index (χ1n) is 8.38. The van der Waals surface area contributed by atoms with Gasteiger partial charge < -0.3 is 29.9 Å². The topological polar surface area (TPSA) is 174 Å². The van der Waals surface area contributed by atoms with E-state index in [0.717, 1.165) is 0 Å². The second kappa shape index (κ2) is 6.20. The van der Waals surface area contributed by atoms with Gasteiger partial charge in [-0.1, -0.05) is 12.8 Å². The van der Waals surface area contributed by atoms with Crippen LogP contribution < -0.4 is 0 Å². The molecule has 144 valence electrons. The van der Waals surface area contributed by atoms with Gasteiger partial charge in [-0.05, 0) is 24.7 Å². The number of hydrogen-bond acceptors (Lipinski definition) is 6. The average Bonchev–Trinajstić information content (AvgIpc) is 3.42. The molecule has 3 fully saturated rings. The molecule has 4 N–H and O–H groups in total. The maximum absolute atomic E-state index is 12.1. The molecule has 3 rings (SSSR count). The summed E-state index contributed by atoms with van der Waals surface area (Å²) in [7, 11) is 0. The molecule has 2 saturated heterocycles. The van der Waals surface area contributed by atoms with Gasteiger partial charge in [0.25, 0.3) is 0 Å². The lowest BCUT2D eigenvalue weighted by Crippen LogP contribution is -2.60. The molecule has 10 nitrogen and oxygen atoms in total. The summed E-state index contributed by atoms with van der Waals surface area (Å²) >= 11 is 0. The molecular formula is C16H20O10. The minimum absolute atomic E-state index is 0.0745. The van der Waals surface area contributed by atoms with E-state index in [0.29, 0.717) is 12.8 Å². The molecular weight excluding hydrogens is 352 g/mol. The maximum Gasteiger partial charge on any atom is 0.324 e. The van der Waals surface area contributed by atoms with Crippen LogP contribution in [0.4, 0.5) is 0 Å². The highest BCUT2D eigenvalue weighted by molar-refractivity contribution is 6.02. The minimum atomic E-state index is -2.38. The Morgan fingerprint density at radius 3 is 1.12 bits per heavy atom. The molecule has 0 bridgehead atoms. The number of rotatable bonds is 8. The number of ether oxygens (including phenoxy) is 2. The van der Waals surface area contributed by atoms with Crippen molar-refractivity contribution in [1.82, 2.24) is 0 Å².